The molecule has 2 rings (SSSR count). The van der Waals surface area contributed by atoms with Gasteiger partial charge < -0.3 is 10.6 Å². The van der Waals surface area contributed by atoms with Crippen molar-refractivity contribution in [1.82, 2.24) is 10.6 Å². The fourth-order valence-electron chi connectivity index (χ4n) is 2.67. The number of carbonyl (C=O) groups excluding carboxylic acids is 1. The number of carbonyl (C=O) groups is 1. The third-order valence-corrected chi connectivity index (χ3v) is 5.67. The van der Waals surface area contributed by atoms with Crippen LogP contribution in [-0.2, 0) is 27.5 Å². The van der Waals surface area contributed by atoms with E-state index in [1.807, 2.05) is 13.1 Å². The van der Waals surface area contributed by atoms with Crippen molar-refractivity contribution in [3.05, 3.63) is 29.3 Å². The maximum Gasteiger partial charge on any atom is 0.221 e. The molecule has 7 heteroatoms. The summed E-state index contributed by atoms with van der Waals surface area (Å²) >= 11 is 0. The van der Waals surface area contributed by atoms with Gasteiger partial charge in [0.05, 0.1) is 10.6 Å². The molecule has 0 unspecified atom stereocenters. The standard InChI is InChI=1S/C16H24N2O3S.ClH/c1-17-9-3-10-18-16(19)8-11-22(20,21)15-7-6-13-4-2-5-14(13)12-15;/h6-7,12,17H,2-5,8-11H2,1H3,(H,18,19);1H. The number of halogens is 1. The van der Waals surface area contributed by atoms with Crippen LogP contribution in [-0.4, -0.2) is 40.2 Å². The van der Waals surface area contributed by atoms with Gasteiger partial charge in [-0.25, -0.2) is 8.42 Å². The summed E-state index contributed by atoms with van der Waals surface area (Å²) in [5, 5.41) is 5.73. The van der Waals surface area contributed by atoms with Crippen LogP contribution in [0, 0.1) is 0 Å². The number of hydrogen-bond acceptors (Lipinski definition) is 4. The van der Waals surface area contributed by atoms with Gasteiger partial charge in [0.25, 0.3) is 0 Å². The molecule has 0 saturated heterocycles. The Bertz CT molecular complexity index is 632. The SMILES string of the molecule is CNCCCNC(=O)CCS(=O)(=O)c1ccc2c(c1)CCC2.Cl. The van der Waals surface area contributed by atoms with Crippen molar-refractivity contribution in [2.75, 3.05) is 25.9 Å². The lowest BCUT2D eigenvalue weighted by atomic mass is 10.1. The Kier molecular flexibility index (Phi) is 8.02. The first-order valence-corrected chi connectivity index (χ1v) is 9.44. The highest BCUT2D eigenvalue weighted by Gasteiger charge is 2.19. The minimum Gasteiger partial charge on any atom is -0.356 e. The molecule has 0 heterocycles. The van der Waals surface area contributed by atoms with E-state index >= 15 is 0 Å². The van der Waals surface area contributed by atoms with Gasteiger partial charge in [0.1, 0.15) is 0 Å². The second-order valence-corrected chi connectivity index (χ2v) is 7.77. The van der Waals surface area contributed by atoms with Gasteiger partial charge in [-0.15, -0.1) is 12.4 Å². The molecule has 1 aliphatic rings. The van der Waals surface area contributed by atoms with Crippen molar-refractivity contribution < 1.29 is 13.2 Å². The molecule has 1 aliphatic carbocycles. The number of rotatable bonds is 8. The molecule has 0 atom stereocenters. The van der Waals surface area contributed by atoms with E-state index in [4.69, 9.17) is 0 Å². The number of benzene rings is 1. The van der Waals surface area contributed by atoms with Crippen LogP contribution in [0.1, 0.15) is 30.4 Å². The zero-order valence-corrected chi connectivity index (χ0v) is 15.1. The number of fused-ring (bicyclic) bond motifs is 1. The molecule has 1 amide bonds. The molecule has 0 aromatic heterocycles. The number of amides is 1. The minimum absolute atomic E-state index is 0. The highest BCUT2D eigenvalue weighted by molar-refractivity contribution is 7.91. The predicted molar refractivity (Wildman–Crippen MR) is 93.9 cm³/mol. The Morgan fingerprint density at radius 3 is 2.65 bits per heavy atom. The molecule has 0 aliphatic heterocycles. The fourth-order valence-corrected chi connectivity index (χ4v) is 3.95. The highest BCUT2D eigenvalue weighted by Crippen LogP contribution is 2.25. The molecule has 23 heavy (non-hydrogen) atoms. The van der Waals surface area contributed by atoms with Gasteiger partial charge in [-0.3, -0.25) is 4.79 Å². The van der Waals surface area contributed by atoms with Crippen molar-refractivity contribution in [1.29, 1.82) is 0 Å². The van der Waals surface area contributed by atoms with E-state index in [1.165, 1.54) is 5.56 Å². The lowest BCUT2D eigenvalue weighted by molar-refractivity contribution is -0.120. The van der Waals surface area contributed by atoms with E-state index < -0.39 is 9.84 Å². The van der Waals surface area contributed by atoms with Gasteiger partial charge in [0, 0.05) is 13.0 Å². The van der Waals surface area contributed by atoms with Crippen LogP contribution in [0.4, 0.5) is 0 Å². The van der Waals surface area contributed by atoms with E-state index in [0.717, 1.165) is 37.8 Å². The van der Waals surface area contributed by atoms with Gasteiger partial charge in [-0.1, -0.05) is 6.07 Å². The fraction of sp³-hybridized carbons (Fsp3) is 0.562. The predicted octanol–water partition coefficient (Wildman–Crippen LogP) is 1.49. The summed E-state index contributed by atoms with van der Waals surface area (Å²) in [6.45, 7) is 1.40. The van der Waals surface area contributed by atoms with Crippen LogP contribution in [0.15, 0.2) is 23.1 Å². The second-order valence-electron chi connectivity index (χ2n) is 5.66. The van der Waals surface area contributed by atoms with Gasteiger partial charge in [-0.05, 0) is 62.5 Å². The van der Waals surface area contributed by atoms with E-state index in [0.29, 0.717) is 11.4 Å². The summed E-state index contributed by atoms with van der Waals surface area (Å²) < 4.78 is 24.6. The summed E-state index contributed by atoms with van der Waals surface area (Å²) in [6.07, 6.45) is 3.92. The van der Waals surface area contributed by atoms with Gasteiger partial charge in [-0.2, -0.15) is 0 Å². The third-order valence-electron chi connectivity index (χ3n) is 3.95. The van der Waals surface area contributed by atoms with Gasteiger partial charge in [0.15, 0.2) is 9.84 Å². The second kappa shape index (κ2) is 9.25. The Labute approximate surface area is 144 Å². The average Bonchev–Trinajstić information content (AvgIpc) is 2.97. The van der Waals surface area contributed by atoms with E-state index in [-0.39, 0.29) is 30.5 Å². The minimum atomic E-state index is -3.39. The van der Waals surface area contributed by atoms with E-state index in [1.54, 1.807) is 12.1 Å². The van der Waals surface area contributed by atoms with E-state index in [9.17, 15) is 13.2 Å². The molecular formula is C16H25ClN2O3S. The van der Waals surface area contributed by atoms with Gasteiger partial charge >= 0.3 is 0 Å². The normalized spacial score (nSPS) is 13.3. The van der Waals surface area contributed by atoms with Crippen molar-refractivity contribution in [2.24, 2.45) is 0 Å². The van der Waals surface area contributed by atoms with Crippen LogP contribution in [0.3, 0.4) is 0 Å². The molecule has 0 bridgehead atoms. The number of sulfone groups is 1. The van der Waals surface area contributed by atoms with Crippen LogP contribution >= 0.6 is 12.4 Å². The maximum absolute atomic E-state index is 12.3. The molecule has 130 valence electrons. The molecular weight excluding hydrogens is 336 g/mol. The summed E-state index contributed by atoms with van der Waals surface area (Å²) in [7, 11) is -1.53. The van der Waals surface area contributed by atoms with Crippen LogP contribution in [0.2, 0.25) is 0 Å². The Balaban J connectivity index is 0.00000264. The zero-order chi connectivity index (χ0) is 16.0. The molecule has 1 aromatic carbocycles. The quantitative estimate of drug-likeness (QED) is 0.689. The third kappa shape index (κ3) is 5.79. The lowest BCUT2D eigenvalue weighted by Gasteiger charge is -2.08. The topological polar surface area (TPSA) is 75.3 Å². The van der Waals surface area contributed by atoms with Gasteiger partial charge in [0.2, 0.25) is 5.91 Å². The smallest absolute Gasteiger partial charge is 0.221 e. The number of nitrogens with one attached hydrogen (secondary N) is 2. The molecule has 0 fully saturated rings. The van der Waals surface area contributed by atoms with Crippen molar-refractivity contribution in [2.45, 2.75) is 37.0 Å². The largest absolute Gasteiger partial charge is 0.356 e. The first-order chi connectivity index (χ1) is 10.5. The highest BCUT2D eigenvalue weighted by atomic mass is 35.5. The Morgan fingerprint density at radius 2 is 1.91 bits per heavy atom. The Hall–Kier alpha value is -1.11. The van der Waals surface area contributed by atoms with E-state index in [2.05, 4.69) is 10.6 Å². The molecule has 0 radical (unpaired) electrons. The molecule has 1 aromatic rings. The zero-order valence-electron chi connectivity index (χ0n) is 13.4. The monoisotopic (exact) mass is 360 g/mol. The summed E-state index contributed by atoms with van der Waals surface area (Å²) in [5.74, 6) is -0.343. The molecule has 5 nitrogen and oxygen atoms in total. The van der Waals surface area contributed by atoms with Crippen LogP contribution < -0.4 is 10.6 Å². The molecule has 2 N–H and O–H groups in total. The summed E-state index contributed by atoms with van der Waals surface area (Å²) in [4.78, 5) is 12.0. The molecule has 0 saturated carbocycles. The average molecular weight is 361 g/mol. The summed E-state index contributed by atoms with van der Waals surface area (Å²) in [6, 6.07) is 5.36. The van der Waals surface area contributed by atoms with Crippen molar-refractivity contribution in [3.8, 4) is 0 Å². The first kappa shape index (κ1) is 19.9. The number of aryl methyl sites for hydroxylation is 2. The van der Waals surface area contributed by atoms with Crippen molar-refractivity contribution >= 4 is 28.2 Å². The number of hydrogen-bond donors (Lipinski definition) is 2. The lowest BCUT2D eigenvalue weighted by Crippen LogP contribution is -2.28. The maximum atomic E-state index is 12.3. The van der Waals surface area contributed by atoms with Crippen molar-refractivity contribution in [3.63, 3.8) is 0 Å². The van der Waals surface area contributed by atoms with Crippen LogP contribution in [0.5, 0.6) is 0 Å². The van der Waals surface area contributed by atoms with Crippen LogP contribution in [0.25, 0.3) is 0 Å². The molecule has 0 spiro atoms. The Morgan fingerprint density at radius 1 is 1.17 bits per heavy atom. The first-order valence-electron chi connectivity index (χ1n) is 7.79. The summed E-state index contributed by atoms with van der Waals surface area (Å²) in [5.41, 5.74) is 2.39.